The molecule has 21 heavy (non-hydrogen) atoms. The van der Waals surface area contributed by atoms with Crippen LogP contribution in [-0.2, 0) is 6.54 Å². The summed E-state index contributed by atoms with van der Waals surface area (Å²) in [6, 6.07) is 6.09. The van der Waals surface area contributed by atoms with Gasteiger partial charge >= 0.3 is 0 Å². The van der Waals surface area contributed by atoms with E-state index in [0.717, 1.165) is 37.2 Å². The lowest BCUT2D eigenvalue weighted by atomic mass is 9.89. The number of oxazole rings is 1. The van der Waals surface area contributed by atoms with Crippen molar-refractivity contribution in [3.63, 3.8) is 0 Å². The highest BCUT2D eigenvalue weighted by Gasteiger charge is 2.51. The molecule has 0 spiro atoms. The van der Waals surface area contributed by atoms with Crippen molar-refractivity contribution < 1.29 is 13.9 Å². The largest absolute Gasteiger partial charge is 0.444 e. The van der Waals surface area contributed by atoms with E-state index in [-0.39, 0.29) is 5.82 Å². The minimum absolute atomic E-state index is 0.273. The van der Waals surface area contributed by atoms with Crippen LogP contribution in [0, 0.1) is 11.7 Å². The van der Waals surface area contributed by atoms with Gasteiger partial charge in [-0.15, -0.1) is 0 Å². The summed E-state index contributed by atoms with van der Waals surface area (Å²) in [6.45, 7) is 2.12. The molecule has 1 aromatic carbocycles. The first kappa shape index (κ1) is 13.0. The Bertz CT molecular complexity index is 643. The normalized spacial score (nSPS) is 21.2. The third-order valence-electron chi connectivity index (χ3n) is 4.36. The molecule has 2 aliphatic rings. The molecule has 0 amide bonds. The first-order valence-electron chi connectivity index (χ1n) is 7.27. The molecule has 2 fully saturated rings. The van der Waals surface area contributed by atoms with Crippen molar-refractivity contribution in [1.82, 2.24) is 9.88 Å². The molecular weight excluding hydrogens is 271 g/mol. The van der Waals surface area contributed by atoms with Crippen molar-refractivity contribution in [3.05, 3.63) is 42.0 Å². The summed E-state index contributed by atoms with van der Waals surface area (Å²) < 4.78 is 18.3. The van der Waals surface area contributed by atoms with Crippen LogP contribution in [0.15, 0.2) is 34.9 Å². The van der Waals surface area contributed by atoms with Crippen LogP contribution in [0.4, 0.5) is 4.39 Å². The second-order valence-electron chi connectivity index (χ2n) is 6.17. The molecule has 0 unspecified atom stereocenters. The smallest absolute Gasteiger partial charge is 0.226 e. The average molecular weight is 288 g/mol. The number of hydrogen-bond donors (Lipinski definition) is 1. The van der Waals surface area contributed by atoms with Gasteiger partial charge in [-0.1, -0.05) is 0 Å². The summed E-state index contributed by atoms with van der Waals surface area (Å²) >= 11 is 0. The molecule has 1 saturated heterocycles. The van der Waals surface area contributed by atoms with E-state index in [9.17, 15) is 9.50 Å². The molecule has 0 radical (unpaired) electrons. The minimum Gasteiger partial charge on any atom is -0.444 e. The van der Waals surface area contributed by atoms with Crippen molar-refractivity contribution in [2.45, 2.75) is 25.0 Å². The Hall–Kier alpha value is -1.72. The van der Waals surface area contributed by atoms with Gasteiger partial charge in [0.05, 0.1) is 11.3 Å². The topological polar surface area (TPSA) is 49.5 Å². The zero-order valence-corrected chi connectivity index (χ0v) is 11.6. The fraction of sp³-hybridized carbons (Fsp3) is 0.438. The maximum absolute atomic E-state index is 12.9. The second-order valence-corrected chi connectivity index (χ2v) is 6.17. The highest BCUT2D eigenvalue weighted by atomic mass is 19.1. The number of aromatic nitrogens is 1. The highest BCUT2D eigenvalue weighted by Crippen LogP contribution is 2.44. The van der Waals surface area contributed by atoms with Crippen LogP contribution in [-0.4, -0.2) is 33.7 Å². The Kier molecular flexibility index (Phi) is 2.87. The molecule has 2 aromatic rings. The molecular formula is C16H17FN2O2. The predicted molar refractivity (Wildman–Crippen MR) is 74.8 cm³/mol. The zero-order valence-electron chi connectivity index (χ0n) is 11.6. The van der Waals surface area contributed by atoms with Crippen molar-refractivity contribution in [1.29, 1.82) is 0 Å². The van der Waals surface area contributed by atoms with E-state index in [2.05, 4.69) is 9.88 Å². The molecule has 0 bridgehead atoms. The SMILES string of the molecule is OC1(C2CC2)CN(Cc2coc(-c3ccc(F)cc3)n2)C1. The highest BCUT2D eigenvalue weighted by molar-refractivity contribution is 5.52. The van der Waals surface area contributed by atoms with E-state index in [4.69, 9.17) is 4.42 Å². The molecule has 2 heterocycles. The lowest BCUT2D eigenvalue weighted by Crippen LogP contribution is -2.62. The van der Waals surface area contributed by atoms with Crippen LogP contribution in [0.1, 0.15) is 18.5 Å². The molecule has 0 atom stereocenters. The first-order chi connectivity index (χ1) is 10.1. The summed E-state index contributed by atoms with van der Waals surface area (Å²) in [6.07, 6.45) is 3.94. The molecule has 5 heteroatoms. The predicted octanol–water partition coefficient (Wildman–Crippen LogP) is 2.44. The lowest BCUT2D eigenvalue weighted by molar-refractivity contribution is -0.117. The molecule has 110 valence electrons. The van der Waals surface area contributed by atoms with Gasteiger partial charge in [0.2, 0.25) is 5.89 Å². The second kappa shape index (κ2) is 4.64. The summed E-state index contributed by atoms with van der Waals surface area (Å²) in [5, 5.41) is 10.3. The van der Waals surface area contributed by atoms with Gasteiger partial charge in [0.15, 0.2) is 0 Å². The van der Waals surface area contributed by atoms with E-state index in [0.29, 0.717) is 18.4 Å². The molecule has 4 rings (SSSR count). The summed E-state index contributed by atoms with van der Waals surface area (Å²) in [4.78, 5) is 6.60. The van der Waals surface area contributed by atoms with Crippen LogP contribution in [0.3, 0.4) is 0 Å². The molecule has 4 nitrogen and oxygen atoms in total. The van der Waals surface area contributed by atoms with Crippen LogP contribution in [0.2, 0.25) is 0 Å². The fourth-order valence-electron chi connectivity index (χ4n) is 3.05. The lowest BCUT2D eigenvalue weighted by Gasteiger charge is -2.46. The number of benzene rings is 1. The van der Waals surface area contributed by atoms with Crippen LogP contribution >= 0.6 is 0 Å². The van der Waals surface area contributed by atoms with Gasteiger partial charge in [-0.3, -0.25) is 4.90 Å². The Morgan fingerprint density at radius 1 is 1.29 bits per heavy atom. The van der Waals surface area contributed by atoms with Gasteiger partial charge in [0, 0.05) is 25.2 Å². The van der Waals surface area contributed by atoms with Gasteiger partial charge in [-0.25, -0.2) is 9.37 Å². The van der Waals surface area contributed by atoms with Crippen molar-refractivity contribution in [2.24, 2.45) is 5.92 Å². The molecule has 1 saturated carbocycles. The van der Waals surface area contributed by atoms with Gasteiger partial charge < -0.3 is 9.52 Å². The number of β-amino-alcohol motifs (C(OH)–C–C–N with tert-alkyl or cyclic N) is 1. The number of nitrogens with zero attached hydrogens (tertiary/aromatic N) is 2. The number of hydrogen-bond acceptors (Lipinski definition) is 4. The standard InChI is InChI=1S/C16H17FN2O2/c17-13-5-1-11(2-6-13)15-18-14(8-21-15)7-19-9-16(20,10-19)12-3-4-12/h1-2,5-6,8,12,20H,3-4,7,9-10H2. The Balaban J connectivity index is 1.40. The van der Waals surface area contributed by atoms with Crippen LogP contribution in [0.25, 0.3) is 11.5 Å². The van der Waals surface area contributed by atoms with Crippen molar-refractivity contribution in [3.8, 4) is 11.5 Å². The van der Waals surface area contributed by atoms with E-state index >= 15 is 0 Å². The Morgan fingerprint density at radius 2 is 2.00 bits per heavy atom. The minimum atomic E-state index is -0.469. The Morgan fingerprint density at radius 3 is 2.67 bits per heavy atom. The maximum atomic E-state index is 12.9. The molecule has 1 N–H and O–H groups in total. The van der Waals surface area contributed by atoms with Crippen LogP contribution < -0.4 is 0 Å². The number of likely N-dealkylation sites (tertiary alicyclic amines) is 1. The third kappa shape index (κ3) is 2.47. The quantitative estimate of drug-likeness (QED) is 0.939. The van der Waals surface area contributed by atoms with E-state index in [1.54, 1.807) is 18.4 Å². The third-order valence-corrected chi connectivity index (χ3v) is 4.36. The summed E-state index contributed by atoms with van der Waals surface area (Å²) in [7, 11) is 0. The molecule has 1 aliphatic carbocycles. The Labute approximate surface area is 122 Å². The number of aliphatic hydroxyl groups is 1. The van der Waals surface area contributed by atoms with Crippen molar-refractivity contribution >= 4 is 0 Å². The van der Waals surface area contributed by atoms with Gasteiger partial charge in [0.25, 0.3) is 0 Å². The number of halogens is 1. The molecule has 1 aliphatic heterocycles. The van der Waals surface area contributed by atoms with Gasteiger partial charge in [-0.2, -0.15) is 0 Å². The van der Waals surface area contributed by atoms with Gasteiger partial charge in [0.1, 0.15) is 12.1 Å². The zero-order chi connectivity index (χ0) is 14.4. The van der Waals surface area contributed by atoms with E-state index in [1.807, 2.05) is 0 Å². The average Bonchev–Trinajstić information content (AvgIpc) is 3.19. The summed E-state index contributed by atoms with van der Waals surface area (Å²) in [5.74, 6) is 0.731. The fourth-order valence-corrected chi connectivity index (χ4v) is 3.05. The maximum Gasteiger partial charge on any atom is 0.226 e. The number of rotatable bonds is 4. The van der Waals surface area contributed by atoms with Gasteiger partial charge in [-0.05, 0) is 43.0 Å². The molecule has 1 aromatic heterocycles. The van der Waals surface area contributed by atoms with Crippen LogP contribution in [0.5, 0.6) is 0 Å². The van der Waals surface area contributed by atoms with Crippen molar-refractivity contribution in [2.75, 3.05) is 13.1 Å². The monoisotopic (exact) mass is 288 g/mol. The van der Waals surface area contributed by atoms with E-state index < -0.39 is 5.60 Å². The van der Waals surface area contributed by atoms with E-state index in [1.165, 1.54) is 12.1 Å². The first-order valence-corrected chi connectivity index (χ1v) is 7.27. The summed E-state index contributed by atoms with van der Waals surface area (Å²) in [5.41, 5.74) is 1.14.